The van der Waals surface area contributed by atoms with Crippen LogP contribution in [0.1, 0.15) is 96.1 Å². The van der Waals surface area contributed by atoms with Crippen molar-refractivity contribution in [3.05, 3.63) is 129 Å². The lowest BCUT2D eigenvalue weighted by atomic mass is 9.89. The zero-order valence-electron chi connectivity index (χ0n) is 37.9. The van der Waals surface area contributed by atoms with Crippen molar-refractivity contribution in [3.63, 3.8) is 0 Å². The van der Waals surface area contributed by atoms with Crippen LogP contribution in [-0.4, -0.2) is 106 Å². The minimum absolute atomic E-state index is 0. The SMILES string of the molecule is CS(=O)(=O)c1ccc(C(=O)N[C@@H]2CCC[C@@H]2N2CCC(Cc3ccc(Cl)cc3)CC2)cc1.CS(=O)(=O)c1ccc(C(=O)O)cc1.Cl.N[C@@H]1CCC[C@@H]1N1CCC(Cc2ccc(Cl)cc2)CC1. The van der Waals surface area contributed by atoms with Gasteiger partial charge in [0.25, 0.3) is 5.91 Å². The molecule has 66 heavy (non-hydrogen) atoms. The van der Waals surface area contributed by atoms with Gasteiger partial charge in [0.1, 0.15) is 0 Å². The van der Waals surface area contributed by atoms with E-state index in [0.717, 1.165) is 61.0 Å². The summed E-state index contributed by atoms with van der Waals surface area (Å²) in [7, 11) is -6.50. The molecule has 2 aliphatic heterocycles. The van der Waals surface area contributed by atoms with E-state index in [1.54, 1.807) is 12.1 Å². The number of aromatic carboxylic acids is 1. The highest BCUT2D eigenvalue weighted by atomic mass is 35.5. The molecule has 4 fully saturated rings. The summed E-state index contributed by atoms with van der Waals surface area (Å²) in [4.78, 5) is 28.8. The molecular weight excluding hydrogens is 939 g/mol. The Labute approximate surface area is 408 Å². The lowest BCUT2D eigenvalue weighted by Gasteiger charge is -2.38. The van der Waals surface area contributed by atoms with Crippen molar-refractivity contribution in [2.45, 2.75) is 111 Å². The Morgan fingerprint density at radius 3 is 1.38 bits per heavy atom. The van der Waals surface area contributed by atoms with Crippen LogP contribution >= 0.6 is 35.6 Å². The first-order valence-electron chi connectivity index (χ1n) is 22.8. The van der Waals surface area contributed by atoms with Crippen LogP contribution in [0.4, 0.5) is 0 Å². The normalized spacial score (nSPS) is 22.0. The summed E-state index contributed by atoms with van der Waals surface area (Å²) >= 11 is 11.9. The van der Waals surface area contributed by atoms with Crippen molar-refractivity contribution in [1.82, 2.24) is 15.1 Å². The van der Waals surface area contributed by atoms with E-state index >= 15 is 0 Å². The van der Waals surface area contributed by atoms with E-state index in [4.69, 9.17) is 34.0 Å². The van der Waals surface area contributed by atoms with Gasteiger partial charge in [0.15, 0.2) is 19.7 Å². The van der Waals surface area contributed by atoms with Crippen LogP contribution < -0.4 is 11.1 Å². The average molecular weight is 1000 g/mol. The van der Waals surface area contributed by atoms with Crippen molar-refractivity contribution in [1.29, 1.82) is 0 Å². The summed E-state index contributed by atoms with van der Waals surface area (Å²) in [6.07, 6.45) is 16.6. The number of rotatable bonds is 11. The van der Waals surface area contributed by atoms with Crippen molar-refractivity contribution >= 4 is 67.2 Å². The first-order chi connectivity index (χ1) is 30.9. The number of benzene rings is 4. The molecule has 2 saturated carbocycles. The number of piperidine rings is 2. The summed E-state index contributed by atoms with van der Waals surface area (Å²) in [5.41, 5.74) is 9.58. The minimum atomic E-state index is -3.26. The number of sulfone groups is 2. The Morgan fingerprint density at radius 1 is 0.591 bits per heavy atom. The number of halogens is 3. The number of amides is 1. The number of carboxylic acid groups (broad SMARTS) is 1. The number of likely N-dealkylation sites (tertiary alicyclic amines) is 2. The van der Waals surface area contributed by atoms with Gasteiger partial charge in [0, 0.05) is 52.3 Å². The van der Waals surface area contributed by atoms with E-state index in [-0.39, 0.29) is 39.7 Å². The molecule has 4 N–H and O–H groups in total. The summed E-state index contributed by atoms with van der Waals surface area (Å²) < 4.78 is 45.2. The molecule has 11 nitrogen and oxygen atoms in total. The number of nitrogens with zero attached hydrogens (tertiary/aromatic N) is 2. The van der Waals surface area contributed by atoms with Gasteiger partial charge < -0.3 is 16.2 Å². The molecule has 16 heteroatoms. The molecule has 8 rings (SSSR count). The summed E-state index contributed by atoms with van der Waals surface area (Å²) in [6.45, 7) is 4.60. The highest BCUT2D eigenvalue weighted by molar-refractivity contribution is 7.91. The molecule has 4 aromatic carbocycles. The molecule has 4 aliphatic rings. The van der Waals surface area contributed by atoms with Crippen molar-refractivity contribution in [3.8, 4) is 0 Å². The van der Waals surface area contributed by atoms with Gasteiger partial charge in [-0.1, -0.05) is 53.9 Å². The monoisotopic (exact) mass is 1000 g/mol. The molecule has 2 heterocycles. The predicted molar refractivity (Wildman–Crippen MR) is 267 cm³/mol. The second-order valence-electron chi connectivity index (χ2n) is 18.3. The molecule has 0 unspecified atom stereocenters. The number of nitrogens with two attached hydrogens (primary N) is 1. The Kier molecular flexibility index (Phi) is 20.0. The summed E-state index contributed by atoms with van der Waals surface area (Å²) in [5, 5.41) is 13.4. The Balaban J connectivity index is 0.000000205. The first-order valence-corrected chi connectivity index (χ1v) is 27.3. The van der Waals surface area contributed by atoms with Gasteiger partial charge in [-0.15, -0.1) is 12.4 Å². The number of hydrogen-bond donors (Lipinski definition) is 3. The highest BCUT2D eigenvalue weighted by Crippen LogP contribution is 2.31. The largest absolute Gasteiger partial charge is 0.478 e. The third-order valence-corrected chi connectivity index (χ3v) is 16.3. The Morgan fingerprint density at radius 2 is 0.985 bits per heavy atom. The molecule has 4 atom stereocenters. The smallest absolute Gasteiger partial charge is 0.335 e. The molecule has 0 bridgehead atoms. The number of carboxylic acids is 1. The maximum atomic E-state index is 12.8. The molecule has 2 saturated heterocycles. The third kappa shape index (κ3) is 15.8. The predicted octanol–water partition coefficient (Wildman–Crippen LogP) is 9.03. The molecule has 0 spiro atoms. The van der Waals surface area contributed by atoms with Gasteiger partial charge in [-0.25, -0.2) is 21.6 Å². The molecule has 4 aromatic rings. The number of carbonyl (C=O) groups is 2. The third-order valence-electron chi connectivity index (χ3n) is 13.5. The van der Waals surface area contributed by atoms with Gasteiger partial charge in [-0.2, -0.15) is 0 Å². The second-order valence-corrected chi connectivity index (χ2v) is 23.2. The zero-order chi connectivity index (χ0) is 46.7. The lowest BCUT2D eigenvalue weighted by Crippen LogP contribution is -2.51. The van der Waals surface area contributed by atoms with Gasteiger partial charge in [-0.05, 0) is 193 Å². The van der Waals surface area contributed by atoms with Crippen molar-refractivity contribution < 1.29 is 31.5 Å². The van der Waals surface area contributed by atoms with E-state index in [1.165, 1.54) is 118 Å². The van der Waals surface area contributed by atoms with Crippen molar-refractivity contribution in [2.75, 3.05) is 38.7 Å². The molecule has 1 amide bonds. The first kappa shape index (κ1) is 53.4. The minimum Gasteiger partial charge on any atom is -0.478 e. The van der Waals surface area contributed by atoms with Crippen molar-refractivity contribution in [2.24, 2.45) is 17.6 Å². The van der Waals surface area contributed by atoms with E-state index in [1.807, 2.05) is 24.3 Å². The number of nitrogens with one attached hydrogen (secondary N) is 1. The fourth-order valence-electron chi connectivity index (χ4n) is 9.80. The maximum Gasteiger partial charge on any atom is 0.335 e. The number of hydrogen-bond acceptors (Lipinski definition) is 9. The van der Waals surface area contributed by atoms with E-state index < -0.39 is 25.6 Å². The molecule has 0 aromatic heterocycles. The standard InChI is InChI=1S/C25H31ClN2O3S.C17H25ClN2.C8H8O4S.ClH/c1-32(30,31)22-11-7-20(8-12-22)25(29)27-23-3-2-4-24(23)28-15-13-19(14-16-28)17-18-5-9-21(26)10-6-18;18-15-6-4-13(5-7-15)12-14-8-10-20(11-9-14)17-3-1-2-16(17)19;1-13(11,12)7-4-2-6(3-5-7)8(9)10;/h5-12,19,23-24H,2-4,13-17H2,1H3,(H,27,29);4-7,14,16-17H,1-3,8-12,19H2;2-5H,1H3,(H,9,10);1H/t23-,24+;16-,17+;;/m11../s1. The molecular formula is C50H65Cl3N4O7S2. The lowest BCUT2D eigenvalue weighted by molar-refractivity contribution is 0.0696. The fourth-order valence-corrected chi connectivity index (χ4v) is 11.3. The van der Waals surface area contributed by atoms with E-state index in [2.05, 4.69) is 39.4 Å². The highest BCUT2D eigenvalue weighted by Gasteiger charge is 2.35. The van der Waals surface area contributed by atoms with E-state index in [0.29, 0.717) is 29.6 Å². The van der Waals surface area contributed by atoms with E-state index in [9.17, 15) is 26.4 Å². The topological polar surface area (TPSA) is 167 Å². The summed E-state index contributed by atoms with van der Waals surface area (Å²) in [5.74, 6) is 0.319. The Bertz CT molecular complexity index is 2390. The average Bonchev–Trinajstić information content (AvgIpc) is 3.94. The zero-order valence-corrected chi connectivity index (χ0v) is 41.8. The van der Waals surface area contributed by atoms with Gasteiger partial charge >= 0.3 is 5.97 Å². The molecule has 360 valence electrons. The van der Waals surface area contributed by atoms with Crippen LogP contribution in [0.2, 0.25) is 10.0 Å². The van der Waals surface area contributed by atoms with Crippen LogP contribution in [0.5, 0.6) is 0 Å². The quantitative estimate of drug-likeness (QED) is 0.132. The molecule has 0 radical (unpaired) electrons. The number of carbonyl (C=O) groups excluding carboxylic acids is 1. The second kappa shape index (κ2) is 24.7. The Hall–Kier alpha value is -3.53. The van der Waals surface area contributed by atoms with Crippen LogP contribution in [0, 0.1) is 11.8 Å². The van der Waals surface area contributed by atoms with Crippen LogP contribution in [0.25, 0.3) is 0 Å². The fraction of sp³-hybridized carbons (Fsp3) is 0.480. The molecule has 2 aliphatic carbocycles. The van der Waals surface area contributed by atoms with Crippen LogP contribution in [-0.2, 0) is 32.5 Å². The van der Waals surface area contributed by atoms with Crippen LogP contribution in [0.15, 0.2) is 107 Å². The maximum absolute atomic E-state index is 12.8. The van der Waals surface area contributed by atoms with Crippen LogP contribution in [0.3, 0.4) is 0 Å². The summed E-state index contributed by atoms with van der Waals surface area (Å²) in [6, 6.07) is 29.4. The van der Waals surface area contributed by atoms with Gasteiger partial charge in [0.05, 0.1) is 15.4 Å². The van der Waals surface area contributed by atoms with Gasteiger partial charge in [0.2, 0.25) is 0 Å². The van der Waals surface area contributed by atoms with Gasteiger partial charge in [-0.3, -0.25) is 14.6 Å².